The quantitative estimate of drug-likeness (QED) is 0.609. The number of hydrogen-bond donors (Lipinski definition) is 1. The Morgan fingerprint density at radius 1 is 1.00 bits per heavy atom. The minimum Gasteiger partial charge on any atom is -0.353 e. The zero-order valence-corrected chi connectivity index (χ0v) is 21.1. The number of hydrogen-bond acceptors (Lipinski definition) is 6. The van der Waals surface area contributed by atoms with Crippen molar-refractivity contribution >= 4 is 27.5 Å². The van der Waals surface area contributed by atoms with Gasteiger partial charge in [0.05, 0.1) is 4.90 Å². The second kappa shape index (κ2) is 10.7. The van der Waals surface area contributed by atoms with Gasteiger partial charge in [0.25, 0.3) is 0 Å². The van der Waals surface area contributed by atoms with Crippen molar-refractivity contribution in [3.8, 4) is 0 Å². The van der Waals surface area contributed by atoms with Gasteiger partial charge >= 0.3 is 0 Å². The number of piperazine rings is 1. The summed E-state index contributed by atoms with van der Waals surface area (Å²) >= 11 is 0. The van der Waals surface area contributed by atoms with E-state index in [0.29, 0.717) is 31.7 Å². The van der Waals surface area contributed by atoms with Crippen LogP contribution >= 0.6 is 0 Å². The molecule has 0 aliphatic carbocycles. The number of benzene rings is 1. The van der Waals surface area contributed by atoms with Gasteiger partial charge in [-0.15, -0.1) is 0 Å². The third-order valence-electron chi connectivity index (χ3n) is 7.27. The monoisotopic (exact) mass is 491 g/mol. The predicted molar refractivity (Wildman–Crippen MR) is 131 cm³/mol. The van der Waals surface area contributed by atoms with Crippen LogP contribution in [0, 0.1) is 0 Å². The van der Waals surface area contributed by atoms with Crippen LogP contribution < -0.4 is 10.2 Å². The molecule has 0 aromatic heterocycles. The molecule has 3 aliphatic rings. The van der Waals surface area contributed by atoms with Gasteiger partial charge in [-0.05, 0) is 43.1 Å². The van der Waals surface area contributed by atoms with E-state index in [2.05, 4.69) is 22.0 Å². The van der Waals surface area contributed by atoms with Gasteiger partial charge in [-0.25, -0.2) is 8.42 Å². The van der Waals surface area contributed by atoms with Crippen molar-refractivity contribution in [2.24, 2.45) is 0 Å². The first-order chi connectivity index (χ1) is 16.3. The summed E-state index contributed by atoms with van der Waals surface area (Å²) in [7, 11) is -3.57. The highest BCUT2D eigenvalue weighted by molar-refractivity contribution is 7.89. The number of carbonyl (C=O) groups is 2. The van der Waals surface area contributed by atoms with Crippen LogP contribution in [0.3, 0.4) is 0 Å². The number of fused-ring (bicyclic) bond motifs is 1. The Morgan fingerprint density at radius 2 is 1.68 bits per heavy atom. The Kier molecular flexibility index (Phi) is 7.91. The lowest BCUT2D eigenvalue weighted by Crippen LogP contribution is -2.51. The number of sulfonamides is 1. The van der Waals surface area contributed by atoms with Gasteiger partial charge in [-0.1, -0.05) is 13.3 Å². The summed E-state index contributed by atoms with van der Waals surface area (Å²) in [5, 5.41) is 3.00. The van der Waals surface area contributed by atoms with E-state index < -0.39 is 16.1 Å². The molecule has 2 saturated heterocycles. The molecule has 3 heterocycles. The number of anilines is 1. The summed E-state index contributed by atoms with van der Waals surface area (Å²) in [6.07, 6.45) is 3.12. The number of piperidine rings is 1. The molecule has 1 aromatic carbocycles. The Hall–Kier alpha value is -2.01. The number of carbonyl (C=O) groups excluding carboxylic acids is 2. The molecule has 0 bridgehead atoms. The van der Waals surface area contributed by atoms with Crippen molar-refractivity contribution in [3.63, 3.8) is 0 Å². The van der Waals surface area contributed by atoms with E-state index in [1.807, 2.05) is 0 Å². The van der Waals surface area contributed by atoms with E-state index in [4.69, 9.17) is 0 Å². The van der Waals surface area contributed by atoms with Crippen LogP contribution in [0.5, 0.6) is 0 Å². The summed E-state index contributed by atoms with van der Waals surface area (Å²) < 4.78 is 27.8. The second-order valence-corrected chi connectivity index (χ2v) is 11.4. The molecule has 1 atom stereocenters. The fourth-order valence-corrected chi connectivity index (χ4v) is 6.79. The summed E-state index contributed by atoms with van der Waals surface area (Å²) in [4.78, 5) is 32.0. The Balaban J connectivity index is 1.41. The van der Waals surface area contributed by atoms with Crippen molar-refractivity contribution in [2.75, 3.05) is 63.8 Å². The molecule has 1 N–H and O–H groups in total. The van der Waals surface area contributed by atoms with Crippen LogP contribution in [0.2, 0.25) is 0 Å². The zero-order valence-electron chi connectivity index (χ0n) is 20.3. The van der Waals surface area contributed by atoms with E-state index in [9.17, 15) is 18.0 Å². The number of rotatable bonds is 7. The predicted octanol–water partition coefficient (Wildman–Crippen LogP) is 0.893. The lowest BCUT2D eigenvalue weighted by atomic mass is 10.1. The summed E-state index contributed by atoms with van der Waals surface area (Å²) in [5.41, 5.74) is 1.35. The molecule has 10 heteroatoms. The zero-order chi connectivity index (χ0) is 24.3. The van der Waals surface area contributed by atoms with E-state index in [1.54, 1.807) is 22.5 Å². The second-order valence-electron chi connectivity index (χ2n) is 9.43. The van der Waals surface area contributed by atoms with Crippen LogP contribution in [-0.4, -0.2) is 99.3 Å². The molecule has 3 aliphatic heterocycles. The van der Waals surface area contributed by atoms with Gasteiger partial charge in [-0.3, -0.25) is 19.4 Å². The maximum Gasteiger partial charge on any atom is 0.243 e. The summed E-state index contributed by atoms with van der Waals surface area (Å²) in [5.74, 6) is -0.416. The SMILES string of the molecule is CCN1CCN(CCNC(=O)C2Cc3cc(S(=O)(=O)N4CCCCC4)ccc3N2C(C)=O)CC1. The van der Waals surface area contributed by atoms with Crippen LogP contribution in [0.25, 0.3) is 0 Å². The van der Waals surface area contributed by atoms with E-state index in [1.165, 1.54) is 11.8 Å². The summed E-state index contributed by atoms with van der Waals surface area (Å²) in [6, 6.07) is 4.23. The number of nitrogens with zero attached hydrogens (tertiary/aromatic N) is 4. The van der Waals surface area contributed by atoms with Gasteiger partial charge in [-0.2, -0.15) is 4.31 Å². The average molecular weight is 492 g/mol. The molecule has 1 aromatic rings. The van der Waals surface area contributed by atoms with Gasteiger partial charge in [0, 0.05) is 71.4 Å². The van der Waals surface area contributed by atoms with Gasteiger partial charge in [0.1, 0.15) is 6.04 Å². The molecule has 34 heavy (non-hydrogen) atoms. The van der Waals surface area contributed by atoms with E-state index in [-0.39, 0.29) is 16.7 Å². The maximum absolute atomic E-state index is 13.1. The number of amides is 2. The normalized spacial score (nSPS) is 22.5. The lowest BCUT2D eigenvalue weighted by molar-refractivity contribution is -0.125. The Labute approximate surface area is 203 Å². The van der Waals surface area contributed by atoms with Crippen molar-refractivity contribution < 1.29 is 18.0 Å². The minimum atomic E-state index is -3.57. The largest absolute Gasteiger partial charge is 0.353 e. The fraction of sp³-hybridized carbons (Fsp3) is 0.667. The van der Waals surface area contributed by atoms with E-state index in [0.717, 1.165) is 64.1 Å². The van der Waals surface area contributed by atoms with E-state index >= 15 is 0 Å². The highest BCUT2D eigenvalue weighted by atomic mass is 32.2. The van der Waals surface area contributed by atoms with Gasteiger partial charge < -0.3 is 10.2 Å². The number of likely N-dealkylation sites (N-methyl/N-ethyl adjacent to an activating group) is 1. The first-order valence-corrected chi connectivity index (χ1v) is 13.9. The molecule has 2 amide bonds. The van der Waals surface area contributed by atoms with Crippen LogP contribution in [0.4, 0.5) is 5.69 Å². The molecule has 4 rings (SSSR count). The molecule has 0 radical (unpaired) electrons. The van der Waals surface area contributed by atoms with Gasteiger partial charge in [0.15, 0.2) is 0 Å². The molecule has 0 saturated carbocycles. The Bertz CT molecular complexity index is 1000. The first-order valence-electron chi connectivity index (χ1n) is 12.5. The number of nitrogens with one attached hydrogen (secondary N) is 1. The highest BCUT2D eigenvalue weighted by Gasteiger charge is 2.38. The highest BCUT2D eigenvalue weighted by Crippen LogP contribution is 2.35. The first kappa shape index (κ1) is 25.1. The standard InChI is InChI=1S/C24H37N5O4S/c1-3-26-13-15-27(16-14-26)12-9-25-24(31)23-18-20-17-21(7-8-22(20)29(23)19(2)30)34(32,33)28-10-5-4-6-11-28/h7-8,17,23H,3-6,9-16,18H2,1-2H3,(H,25,31). The molecule has 188 valence electrons. The van der Waals surface area contributed by atoms with Crippen LogP contribution in [0.1, 0.15) is 38.7 Å². The molecular weight excluding hydrogens is 454 g/mol. The smallest absolute Gasteiger partial charge is 0.243 e. The maximum atomic E-state index is 13.1. The molecular formula is C24H37N5O4S. The van der Waals surface area contributed by atoms with Crippen LogP contribution in [0.15, 0.2) is 23.1 Å². The van der Waals surface area contributed by atoms with Crippen molar-refractivity contribution in [3.05, 3.63) is 23.8 Å². The molecule has 9 nitrogen and oxygen atoms in total. The van der Waals surface area contributed by atoms with Crippen LogP contribution in [-0.2, 0) is 26.0 Å². The van der Waals surface area contributed by atoms with Crippen molar-refractivity contribution in [1.82, 2.24) is 19.4 Å². The van der Waals surface area contributed by atoms with Crippen molar-refractivity contribution in [2.45, 2.75) is 50.5 Å². The molecule has 0 spiro atoms. The van der Waals surface area contributed by atoms with Gasteiger partial charge in [0.2, 0.25) is 21.8 Å². The Morgan fingerprint density at radius 3 is 2.32 bits per heavy atom. The fourth-order valence-electron chi connectivity index (χ4n) is 5.23. The molecule has 1 unspecified atom stereocenters. The molecule has 2 fully saturated rings. The topological polar surface area (TPSA) is 93.3 Å². The minimum absolute atomic E-state index is 0.195. The lowest BCUT2D eigenvalue weighted by Gasteiger charge is -2.34. The third-order valence-corrected chi connectivity index (χ3v) is 9.16. The van der Waals surface area contributed by atoms with Crippen molar-refractivity contribution in [1.29, 1.82) is 0 Å². The average Bonchev–Trinajstić information content (AvgIpc) is 3.24. The third kappa shape index (κ3) is 5.30. The summed E-state index contributed by atoms with van der Waals surface area (Å²) in [6.45, 7) is 11.1.